The van der Waals surface area contributed by atoms with Crippen molar-refractivity contribution in [3.05, 3.63) is 30.1 Å². The summed E-state index contributed by atoms with van der Waals surface area (Å²) in [6.45, 7) is 6.84. The standard InChI is InChI=1S/C16H27NO/c1-13(2)6-4-7-14(3)9-10-16(18)15-8-5-11-17-12-15/h5,8,11-14,16,18H,4,6-7,9-10H2,1-3H3. The molecule has 2 nitrogen and oxygen atoms in total. The second kappa shape index (κ2) is 8.25. The third-order valence-electron chi connectivity index (χ3n) is 3.48. The molecule has 0 fully saturated rings. The molecular weight excluding hydrogens is 222 g/mol. The largest absolute Gasteiger partial charge is 0.388 e. The van der Waals surface area contributed by atoms with Crippen molar-refractivity contribution in [2.24, 2.45) is 11.8 Å². The molecule has 1 aromatic heterocycles. The number of nitrogens with zero attached hydrogens (tertiary/aromatic N) is 1. The summed E-state index contributed by atoms with van der Waals surface area (Å²) in [5.41, 5.74) is 0.937. The molecule has 1 heterocycles. The average molecular weight is 249 g/mol. The van der Waals surface area contributed by atoms with Crippen LogP contribution in [0, 0.1) is 11.8 Å². The first kappa shape index (κ1) is 15.2. The summed E-state index contributed by atoms with van der Waals surface area (Å²) in [5, 5.41) is 10.0. The summed E-state index contributed by atoms with van der Waals surface area (Å²) < 4.78 is 0. The van der Waals surface area contributed by atoms with Crippen LogP contribution >= 0.6 is 0 Å². The van der Waals surface area contributed by atoms with Crippen molar-refractivity contribution < 1.29 is 5.11 Å². The number of hydrogen-bond acceptors (Lipinski definition) is 2. The molecule has 0 saturated heterocycles. The zero-order chi connectivity index (χ0) is 13.4. The molecule has 1 N–H and O–H groups in total. The van der Waals surface area contributed by atoms with Gasteiger partial charge in [0.25, 0.3) is 0 Å². The third kappa shape index (κ3) is 6.15. The molecule has 0 bridgehead atoms. The molecule has 18 heavy (non-hydrogen) atoms. The van der Waals surface area contributed by atoms with Gasteiger partial charge in [-0.3, -0.25) is 4.98 Å². The number of hydrogen-bond donors (Lipinski definition) is 1. The van der Waals surface area contributed by atoms with E-state index in [9.17, 15) is 5.11 Å². The van der Waals surface area contributed by atoms with E-state index in [-0.39, 0.29) is 6.10 Å². The summed E-state index contributed by atoms with van der Waals surface area (Å²) >= 11 is 0. The Morgan fingerprint density at radius 3 is 2.50 bits per heavy atom. The first-order valence-electron chi connectivity index (χ1n) is 7.17. The van der Waals surface area contributed by atoms with Crippen LogP contribution in [0.1, 0.15) is 64.5 Å². The van der Waals surface area contributed by atoms with E-state index in [1.165, 1.54) is 19.3 Å². The topological polar surface area (TPSA) is 33.1 Å². The van der Waals surface area contributed by atoms with Crippen LogP contribution < -0.4 is 0 Å². The van der Waals surface area contributed by atoms with Gasteiger partial charge in [0.1, 0.15) is 0 Å². The lowest BCUT2D eigenvalue weighted by Crippen LogP contribution is -2.03. The molecule has 1 rings (SSSR count). The number of aliphatic hydroxyl groups excluding tert-OH is 1. The summed E-state index contributed by atoms with van der Waals surface area (Å²) in [4.78, 5) is 4.04. The van der Waals surface area contributed by atoms with Crippen molar-refractivity contribution in [1.82, 2.24) is 4.98 Å². The quantitative estimate of drug-likeness (QED) is 0.742. The van der Waals surface area contributed by atoms with Gasteiger partial charge in [-0.1, -0.05) is 46.1 Å². The molecule has 0 aliphatic rings. The van der Waals surface area contributed by atoms with Crippen molar-refractivity contribution in [3.8, 4) is 0 Å². The van der Waals surface area contributed by atoms with E-state index < -0.39 is 0 Å². The maximum absolute atomic E-state index is 10.0. The number of aliphatic hydroxyl groups is 1. The van der Waals surface area contributed by atoms with E-state index in [0.717, 1.165) is 24.3 Å². The summed E-state index contributed by atoms with van der Waals surface area (Å²) in [6.07, 6.45) is 8.97. The van der Waals surface area contributed by atoms with Gasteiger partial charge in [0.05, 0.1) is 6.10 Å². The van der Waals surface area contributed by atoms with Gasteiger partial charge in [-0.25, -0.2) is 0 Å². The van der Waals surface area contributed by atoms with Gasteiger partial charge < -0.3 is 5.11 Å². The van der Waals surface area contributed by atoms with Gasteiger partial charge in [-0.2, -0.15) is 0 Å². The Hall–Kier alpha value is -0.890. The lowest BCUT2D eigenvalue weighted by Gasteiger charge is -2.15. The fourth-order valence-electron chi connectivity index (χ4n) is 2.20. The fourth-order valence-corrected chi connectivity index (χ4v) is 2.20. The minimum absolute atomic E-state index is 0.355. The Bertz CT molecular complexity index is 310. The van der Waals surface area contributed by atoms with E-state index in [4.69, 9.17) is 0 Å². The van der Waals surface area contributed by atoms with Crippen LogP contribution in [0.25, 0.3) is 0 Å². The fraction of sp³-hybridized carbons (Fsp3) is 0.688. The minimum Gasteiger partial charge on any atom is -0.388 e. The van der Waals surface area contributed by atoms with E-state index in [1.54, 1.807) is 12.4 Å². The highest BCUT2D eigenvalue weighted by Crippen LogP contribution is 2.23. The number of rotatable bonds is 8. The van der Waals surface area contributed by atoms with Gasteiger partial charge in [0.2, 0.25) is 0 Å². The zero-order valence-electron chi connectivity index (χ0n) is 12.0. The molecule has 0 aliphatic heterocycles. The molecule has 0 radical (unpaired) electrons. The molecule has 2 unspecified atom stereocenters. The maximum atomic E-state index is 10.0. The van der Waals surface area contributed by atoms with Crippen LogP contribution in [0.2, 0.25) is 0 Å². The summed E-state index contributed by atoms with van der Waals surface area (Å²) in [6, 6.07) is 3.83. The molecule has 0 saturated carbocycles. The van der Waals surface area contributed by atoms with Gasteiger partial charge in [0, 0.05) is 12.4 Å². The first-order chi connectivity index (χ1) is 8.59. The molecule has 1 aromatic rings. The second-order valence-electron chi connectivity index (χ2n) is 5.81. The van der Waals surface area contributed by atoms with Crippen LogP contribution in [-0.4, -0.2) is 10.1 Å². The Balaban J connectivity index is 2.20. The van der Waals surface area contributed by atoms with Crippen molar-refractivity contribution in [2.45, 2.75) is 59.0 Å². The molecule has 0 aliphatic carbocycles. The predicted molar refractivity (Wildman–Crippen MR) is 76.3 cm³/mol. The van der Waals surface area contributed by atoms with Gasteiger partial charge in [-0.05, 0) is 36.3 Å². The van der Waals surface area contributed by atoms with Crippen LogP contribution in [0.4, 0.5) is 0 Å². The van der Waals surface area contributed by atoms with E-state index in [2.05, 4.69) is 25.8 Å². The normalized spacial score (nSPS) is 14.7. The maximum Gasteiger partial charge on any atom is 0.0805 e. The van der Waals surface area contributed by atoms with Crippen molar-refractivity contribution in [1.29, 1.82) is 0 Å². The number of pyridine rings is 1. The van der Waals surface area contributed by atoms with Crippen LogP contribution in [-0.2, 0) is 0 Å². The smallest absolute Gasteiger partial charge is 0.0805 e. The van der Waals surface area contributed by atoms with Gasteiger partial charge in [0.15, 0.2) is 0 Å². The average Bonchev–Trinajstić information content (AvgIpc) is 2.36. The highest BCUT2D eigenvalue weighted by Gasteiger charge is 2.10. The van der Waals surface area contributed by atoms with Crippen LogP contribution in [0.5, 0.6) is 0 Å². The second-order valence-corrected chi connectivity index (χ2v) is 5.81. The molecule has 0 amide bonds. The Morgan fingerprint density at radius 2 is 1.89 bits per heavy atom. The first-order valence-corrected chi connectivity index (χ1v) is 7.17. The Morgan fingerprint density at radius 1 is 1.11 bits per heavy atom. The summed E-state index contributed by atoms with van der Waals surface area (Å²) in [7, 11) is 0. The van der Waals surface area contributed by atoms with Gasteiger partial charge >= 0.3 is 0 Å². The molecule has 0 spiro atoms. The van der Waals surface area contributed by atoms with Crippen molar-refractivity contribution in [2.75, 3.05) is 0 Å². The Labute approximate surface area is 111 Å². The lowest BCUT2D eigenvalue weighted by molar-refractivity contribution is 0.156. The van der Waals surface area contributed by atoms with E-state index in [0.29, 0.717) is 5.92 Å². The van der Waals surface area contributed by atoms with Crippen molar-refractivity contribution in [3.63, 3.8) is 0 Å². The molecular formula is C16H27NO. The Kier molecular flexibility index (Phi) is 6.96. The minimum atomic E-state index is -0.355. The van der Waals surface area contributed by atoms with Crippen LogP contribution in [0.15, 0.2) is 24.5 Å². The predicted octanol–water partition coefficient (Wildman–Crippen LogP) is 4.36. The zero-order valence-corrected chi connectivity index (χ0v) is 12.0. The molecule has 2 atom stereocenters. The van der Waals surface area contributed by atoms with E-state index >= 15 is 0 Å². The number of aromatic nitrogens is 1. The monoisotopic (exact) mass is 249 g/mol. The summed E-state index contributed by atoms with van der Waals surface area (Å²) in [5.74, 6) is 1.51. The molecule has 0 aromatic carbocycles. The lowest BCUT2D eigenvalue weighted by atomic mass is 9.94. The molecule has 102 valence electrons. The van der Waals surface area contributed by atoms with E-state index in [1.807, 2.05) is 12.1 Å². The molecule has 2 heteroatoms. The highest BCUT2D eigenvalue weighted by atomic mass is 16.3. The van der Waals surface area contributed by atoms with Gasteiger partial charge in [-0.15, -0.1) is 0 Å². The van der Waals surface area contributed by atoms with Crippen molar-refractivity contribution >= 4 is 0 Å². The SMILES string of the molecule is CC(C)CCCC(C)CCC(O)c1cccnc1. The van der Waals surface area contributed by atoms with Crippen LogP contribution in [0.3, 0.4) is 0 Å². The third-order valence-corrected chi connectivity index (χ3v) is 3.48. The highest BCUT2D eigenvalue weighted by molar-refractivity contribution is 5.11.